The highest BCUT2D eigenvalue weighted by Crippen LogP contribution is 2.34. The van der Waals surface area contributed by atoms with Crippen LogP contribution in [-0.2, 0) is 4.74 Å². The van der Waals surface area contributed by atoms with E-state index in [0.717, 1.165) is 11.8 Å². The fourth-order valence-corrected chi connectivity index (χ4v) is 3.11. The number of halogens is 4. The third-order valence-electron chi connectivity index (χ3n) is 4.55. The molecule has 164 valence electrons. The normalized spacial score (nSPS) is 21.8. The molecule has 2 aliphatic heterocycles. The van der Waals surface area contributed by atoms with E-state index in [2.05, 4.69) is 21.1 Å². The van der Waals surface area contributed by atoms with E-state index in [1.165, 1.54) is 6.08 Å². The number of dihydropyridines is 1. The number of aliphatic imine (C=N–C) groups is 1. The van der Waals surface area contributed by atoms with Gasteiger partial charge in [0, 0.05) is 49.0 Å². The molecule has 9 heteroatoms. The van der Waals surface area contributed by atoms with Gasteiger partial charge in [0.15, 0.2) is 6.23 Å². The maximum Gasteiger partial charge on any atom is 0.413 e. The number of allylic oxidation sites excluding steroid dienone is 7. The number of alkyl halides is 3. The molecule has 0 bridgehead atoms. The molecule has 0 aromatic heterocycles. The number of hydrogen-bond donors (Lipinski definition) is 1. The number of rotatable bonds is 6. The van der Waals surface area contributed by atoms with E-state index in [9.17, 15) is 13.2 Å². The zero-order valence-electron chi connectivity index (χ0n) is 16.9. The lowest BCUT2D eigenvalue weighted by Gasteiger charge is -2.19. The van der Waals surface area contributed by atoms with Gasteiger partial charge in [-0.15, -0.1) is 5.73 Å². The highest BCUT2D eigenvalue weighted by atomic mass is 35.5. The average Bonchev–Trinajstić information content (AvgIpc) is 3.10. The Morgan fingerprint density at radius 2 is 2.26 bits per heavy atom. The molecule has 0 fully saturated rings. The first-order valence-corrected chi connectivity index (χ1v) is 10.0. The summed E-state index contributed by atoms with van der Waals surface area (Å²) in [6.07, 6.45) is 10.2. The van der Waals surface area contributed by atoms with Crippen molar-refractivity contribution in [3.8, 4) is 0 Å². The molecule has 31 heavy (non-hydrogen) atoms. The Hall–Kier alpha value is -2.80. The Kier molecular flexibility index (Phi) is 7.74. The van der Waals surface area contributed by atoms with Crippen LogP contribution in [0.2, 0.25) is 0 Å². The maximum atomic E-state index is 13.3. The van der Waals surface area contributed by atoms with Gasteiger partial charge in [-0.05, 0) is 29.9 Å². The smallest absolute Gasteiger partial charge is 0.388 e. The van der Waals surface area contributed by atoms with Gasteiger partial charge in [0.25, 0.3) is 0 Å². The second-order valence-electron chi connectivity index (χ2n) is 6.84. The molecule has 2 heterocycles. The van der Waals surface area contributed by atoms with Gasteiger partial charge in [-0.25, -0.2) is 0 Å². The van der Waals surface area contributed by atoms with Gasteiger partial charge in [0.1, 0.15) is 0 Å². The summed E-state index contributed by atoms with van der Waals surface area (Å²) in [6, 6.07) is 0. The monoisotopic (exact) mass is 450 g/mol. The Labute approximate surface area is 184 Å². The number of nitrogens with one attached hydrogen (secondary N) is 1. The lowest BCUT2D eigenvalue weighted by Crippen LogP contribution is -2.22. The Balaban J connectivity index is 1.78. The first-order valence-electron chi connectivity index (χ1n) is 9.64. The minimum atomic E-state index is -4.48. The summed E-state index contributed by atoms with van der Waals surface area (Å²) < 4.78 is 45.8. The molecule has 0 saturated heterocycles. The second kappa shape index (κ2) is 10.5. The topological polar surface area (TPSA) is 49.2 Å². The van der Waals surface area contributed by atoms with E-state index in [1.54, 1.807) is 42.7 Å². The molecule has 1 atom stereocenters. The van der Waals surface area contributed by atoms with Crippen LogP contribution in [-0.4, -0.2) is 49.5 Å². The predicted octanol–water partition coefficient (Wildman–Crippen LogP) is 4.75. The Bertz CT molecular complexity index is 964. The molecule has 1 N–H and O–H groups in total. The standard InChI is InChI=1S/C22H22ClF3N4O/c1-27-19(15-31-21-7-2-4-10-28-21)14-30-11-5-3-6-20(29-30)16-8-9-18(23)13-17(12-16)22(24,25)26/h2,4-6,8-10,13-14,21,27H,7,11-12,15H2,1H3/b19-14-. The van der Waals surface area contributed by atoms with Gasteiger partial charge in [-0.3, -0.25) is 10.0 Å². The van der Waals surface area contributed by atoms with Crippen molar-refractivity contribution in [3.63, 3.8) is 0 Å². The molecule has 0 amide bonds. The second-order valence-corrected chi connectivity index (χ2v) is 7.28. The first-order chi connectivity index (χ1) is 14.8. The molecule has 0 aromatic rings. The first kappa shape index (κ1) is 22.9. The third kappa shape index (κ3) is 6.85. The van der Waals surface area contributed by atoms with Crippen molar-refractivity contribution in [2.75, 3.05) is 20.2 Å². The SMILES string of the molecule is CN/C(=C\N1CC=C=CC(C2=CC=C(Cl)C=C(C(F)(F)F)C2)=N1)COC1CC=CC=N1. The van der Waals surface area contributed by atoms with Crippen molar-refractivity contribution in [2.24, 2.45) is 10.1 Å². The summed E-state index contributed by atoms with van der Waals surface area (Å²) in [5.41, 5.74) is 3.75. The van der Waals surface area contributed by atoms with Gasteiger partial charge < -0.3 is 10.1 Å². The van der Waals surface area contributed by atoms with Gasteiger partial charge >= 0.3 is 6.18 Å². The van der Waals surface area contributed by atoms with Crippen molar-refractivity contribution >= 4 is 23.5 Å². The zero-order chi connectivity index (χ0) is 22.3. The van der Waals surface area contributed by atoms with Crippen LogP contribution in [0, 0.1) is 0 Å². The number of likely N-dealkylation sites (N-methyl/N-ethyl adjacent to an activating group) is 1. The molecule has 1 aliphatic carbocycles. The van der Waals surface area contributed by atoms with Gasteiger partial charge in [-0.1, -0.05) is 23.8 Å². The predicted molar refractivity (Wildman–Crippen MR) is 117 cm³/mol. The quantitative estimate of drug-likeness (QED) is 0.594. The molecule has 1 unspecified atom stereocenters. The van der Waals surface area contributed by atoms with Crippen LogP contribution < -0.4 is 5.32 Å². The van der Waals surface area contributed by atoms with Crippen molar-refractivity contribution in [1.82, 2.24) is 10.3 Å². The lowest BCUT2D eigenvalue weighted by atomic mass is 10.0. The molecule has 5 nitrogen and oxygen atoms in total. The average molecular weight is 451 g/mol. The van der Waals surface area contributed by atoms with E-state index in [0.29, 0.717) is 24.3 Å². The van der Waals surface area contributed by atoms with E-state index < -0.39 is 11.7 Å². The van der Waals surface area contributed by atoms with E-state index in [1.807, 2.05) is 12.2 Å². The third-order valence-corrected chi connectivity index (χ3v) is 4.79. The van der Waals surface area contributed by atoms with Crippen LogP contribution in [0.25, 0.3) is 0 Å². The number of nitrogens with zero attached hydrogens (tertiary/aromatic N) is 3. The van der Waals surface area contributed by atoms with Crippen molar-refractivity contribution in [3.05, 3.63) is 76.3 Å². The highest BCUT2D eigenvalue weighted by Gasteiger charge is 2.35. The molecule has 0 spiro atoms. The highest BCUT2D eigenvalue weighted by molar-refractivity contribution is 6.31. The summed E-state index contributed by atoms with van der Waals surface area (Å²) in [7, 11) is 1.76. The fraction of sp³-hybridized carbons (Fsp3) is 0.318. The number of hydrogen-bond acceptors (Lipinski definition) is 5. The van der Waals surface area contributed by atoms with Crippen molar-refractivity contribution < 1.29 is 17.9 Å². The van der Waals surface area contributed by atoms with E-state index >= 15 is 0 Å². The molecular formula is C22H22ClF3N4O. The maximum absolute atomic E-state index is 13.3. The Morgan fingerprint density at radius 3 is 2.97 bits per heavy atom. The van der Waals surface area contributed by atoms with Crippen molar-refractivity contribution in [2.45, 2.75) is 25.2 Å². The van der Waals surface area contributed by atoms with Gasteiger partial charge in [0.2, 0.25) is 0 Å². The van der Waals surface area contributed by atoms with Crippen LogP contribution >= 0.6 is 11.6 Å². The summed E-state index contributed by atoms with van der Waals surface area (Å²) >= 11 is 5.89. The zero-order valence-corrected chi connectivity index (χ0v) is 17.6. The molecular weight excluding hydrogens is 429 g/mol. The fourth-order valence-electron chi connectivity index (χ4n) is 2.91. The van der Waals surface area contributed by atoms with Crippen LogP contribution in [0.4, 0.5) is 13.2 Å². The minimum Gasteiger partial charge on any atom is -0.388 e. The summed E-state index contributed by atoms with van der Waals surface area (Å²) in [4.78, 5) is 4.24. The van der Waals surface area contributed by atoms with Crippen LogP contribution in [0.1, 0.15) is 12.8 Å². The van der Waals surface area contributed by atoms with Gasteiger partial charge in [0.05, 0.1) is 24.6 Å². The largest absolute Gasteiger partial charge is 0.413 e. The molecule has 0 aromatic carbocycles. The van der Waals surface area contributed by atoms with E-state index in [-0.39, 0.29) is 24.3 Å². The van der Waals surface area contributed by atoms with Crippen LogP contribution in [0.3, 0.4) is 0 Å². The van der Waals surface area contributed by atoms with Crippen LogP contribution in [0.5, 0.6) is 0 Å². The lowest BCUT2D eigenvalue weighted by molar-refractivity contribution is -0.0930. The summed E-state index contributed by atoms with van der Waals surface area (Å²) in [5.74, 6) is 0. The molecule has 3 rings (SSSR count). The number of hydrazone groups is 1. The molecule has 0 saturated carbocycles. The van der Waals surface area contributed by atoms with E-state index in [4.69, 9.17) is 16.3 Å². The molecule has 0 radical (unpaired) electrons. The van der Waals surface area contributed by atoms with Crippen molar-refractivity contribution in [1.29, 1.82) is 0 Å². The number of ether oxygens (including phenoxy) is 1. The van der Waals surface area contributed by atoms with Crippen LogP contribution in [0.15, 0.2) is 86.4 Å². The summed E-state index contributed by atoms with van der Waals surface area (Å²) in [5, 5.41) is 9.22. The molecule has 3 aliphatic rings. The van der Waals surface area contributed by atoms with Gasteiger partial charge in [-0.2, -0.15) is 18.3 Å². The summed E-state index contributed by atoms with van der Waals surface area (Å²) in [6.45, 7) is 0.689. The Morgan fingerprint density at radius 1 is 1.42 bits per heavy atom. The minimum absolute atomic E-state index is 0.0163.